The minimum absolute atomic E-state index is 0.279. The average molecular weight is 282 g/mol. The number of likely N-dealkylation sites (N-methyl/N-ethyl adjacent to an activating group) is 1. The van der Waals surface area contributed by atoms with Gasteiger partial charge in [0, 0.05) is 11.6 Å². The molecule has 0 bridgehead atoms. The molecule has 2 atom stereocenters. The number of halogens is 1. The lowest BCUT2D eigenvalue weighted by Crippen LogP contribution is -2.36. The normalized spacial score (nSPS) is 21.4. The summed E-state index contributed by atoms with van der Waals surface area (Å²) in [4.78, 5) is 0. The van der Waals surface area contributed by atoms with Gasteiger partial charge in [-0.15, -0.1) is 0 Å². The van der Waals surface area contributed by atoms with E-state index in [-0.39, 0.29) is 12.1 Å². The average Bonchev–Trinajstić information content (AvgIpc) is 2.42. The first-order valence-corrected chi connectivity index (χ1v) is 7.63. The van der Waals surface area contributed by atoms with Crippen molar-refractivity contribution in [3.05, 3.63) is 33.8 Å². The Balaban J connectivity index is 2.29. The zero-order valence-corrected chi connectivity index (χ0v) is 12.9. The zero-order valence-electron chi connectivity index (χ0n) is 12.1. The molecule has 1 aromatic carbocycles. The summed E-state index contributed by atoms with van der Waals surface area (Å²) >= 11 is 6.20. The molecule has 1 fully saturated rings. The van der Waals surface area contributed by atoms with Crippen LogP contribution in [-0.4, -0.2) is 19.3 Å². The second-order valence-electron chi connectivity index (χ2n) is 5.40. The summed E-state index contributed by atoms with van der Waals surface area (Å²) in [6, 6.07) is 4.56. The molecule has 1 heterocycles. The highest BCUT2D eigenvalue weighted by atomic mass is 35.5. The van der Waals surface area contributed by atoms with E-state index in [4.69, 9.17) is 16.3 Å². The van der Waals surface area contributed by atoms with Crippen molar-refractivity contribution in [2.75, 3.05) is 13.2 Å². The molecule has 2 rings (SSSR count). The maximum atomic E-state index is 6.20. The molecule has 0 aliphatic carbocycles. The van der Waals surface area contributed by atoms with Gasteiger partial charge in [0.25, 0.3) is 0 Å². The molecule has 0 saturated carbocycles. The number of rotatable bonds is 4. The van der Waals surface area contributed by atoms with Gasteiger partial charge in [0.05, 0.1) is 12.1 Å². The monoisotopic (exact) mass is 281 g/mol. The summed E-state index contributed by atoms with van der Waals surface area (Å²) < 4.78 is 5.98. The van der Waals surface area contributed by atoms with Crippen LogP contribution < -0.4 is 5.32 Å². The van der Waals surface area contributed by atoms with E-state index in [1.807, 2.05) is 0 Å². The summed E-state index contributed by atoms with van der Waals surface area (Å²) in [5.74, 6) is 0. The van der Waals surface area contributed by atoms with Crippen LogP contribution in [0.3, 0.4) is 0 Å². The van der Waals surface area contributed by atoms with Crippen LogP contribution in [-0.2, 0) is 4.74 Å². The van der Waals surface area contributed by atoms with Crippen molar-refractivity contribution in [3.63, 3.8) is 0 Å². The summed E-state index contributed by atoms with van der Waals surface area (Å²) in [5, 5.41) is 4.44. The van der Waals surface area contributed by atoms with E-state index >= 15 is 0 Å². The minimum Gasteiger partial charge on any atom is -0.376 e. The maximum absolute atomic E-state index is 6.20. The molecule has 1 aromatic rings. The van der Waals surface area contributed by atoms with Gasteiger partial charge in [0.1, 0.15) is 0 Å². The maximum Gasteiger partial charge on any atom is 0.0769 e. The fourth-order valence-corrected chi connectivity index (χ4v) is 3.05. The van der Waals surface area contributed by atoms with Crippen molar-refractivity contribution in [3.8, 4) is 0 Å². The van der Waals surface area contributed by atoms with Gasteiger partial charge < -0.3 is 10.1 Å². The Morgan fingerprint density at radius 2 is 2.11 bits per heavy atom. The van der Waals surface area contributed by atoms with Crippen LogP contribution in [0.15, 0.2) is 12.1 Å². The number of nitrogens with one attached hydrogen (secondary N) is 1. The Morgan fingerprint density at radius 1 is 1.32 bits per heavy atom. The van der Waals surface area contributed by atoms with E-state index in [1.54, 1.807) is 0 Å². The van der Waals surface area contributed by atoms with Crippen molar-refractivity contribution >= 4 is 11.6 Å². The predicted octanol–water partition coefficient (Wildman–Crippen LogP) is 4.18. The first-order chi connectivity index (χ1) is 9.13. The molecule has 0 aromatic heterocycles. The predicted molar refractivity (Wildman–Crippen MR) is 80.9 cm³/mol. The van der Waals surface area contributed by atoms with Crippen LogP contribution in [0.5, 0.6) is 0 Å². The van der Waals surface area contributed by atoms with Crippen molar-refractivity contribution in [1.82, 2.24) is 5.32 Å². The number of hydrogen-bond donors (Lipinski definition) is 1. The zero-order chi connectivity index (χ0) is 13.8. The molecule has 1 aliphatic rings. The van der Waals surface area contributed by atoms with Gasteiger partial charge in [0.15, 0.2) is 0 Å². The Labute approximate surface area is 121 Å². The van der Waals surface area contributed by atoms with Crippen molar-refractivity contribution in [2.45, 2.75) is 52.2 Å². The van der Waals surface area contributed by atoms with E-state index in [1.165, 1.54) is 24.0 Å². The van der Waals surface area contributed by atoms with Crippen LogP contribution >= 0.6 is 11.6 Å². The van der Waals surface area contributed by atoms with Crippen molar-refractivity contribution in [1.29, 1.82) is 0 Å². The second kappa shape index (κ2) is 6.74. The molecule has 19 heavy (non-hydrogen) atoms. The van der Waals surface area contributed by atoms with Gasteiger partial charge in [-0.05, 0) is 62.4 Å². The SMILES string of the molecule is CCNC(c1cc(C)c(Cl)cc1C)C1CCCCO1. The number of ether oxygens (including phenoxy) is 1. The van der Waals surface area contributed by atoms with Gasteiger partial charge in [-0.3, -0.25) is 0 Å². The molecule has 0 amide bonds. The Bertz CT molecular complexity index is 427. The highest BCUT2D eigenvalue weighted by Gasteiger charge is 2.26. The lowest BCUT2D eigenvalue weighted by atomic mass is 9.91. The molecule has 0 radical (unpaired) electrons. The first-order valence-electron chi connectivity index (χ1n) is 7.25. The van der Waals surface area contributed by atoms with E-state index in [2.05, 4.69) is 38.2 Å². The van der Waals surface area contributed by atoms with Gasteiger partial charge in [0.2, 0.25) is 0 Å². The molecule has 106 valence electrons. The Kier molecular flexibility index (Phi) is 5.26. The molecule has 1 aliphatic heterocycles. The number of hydrogen-bond acceptors (Lipinski definition) is 2. The van der Waals surface area contributed by atoms with Gasteiger partial charge in [-0.1, -0.05) is 24.6 Å². The van der Waals surface area contributed by atoms with Crippen molar-refractivity contribution in [2.24, 2.45) is 0 Å². The van der Waals surface area contributed by atoms with Crippen molar-refractivity contribution < 1.29 is 4.74 Å². The largest absolute Gasteiger partial charge is 0.376 e. The van der Waals surface area contributed by atoms with Crippen LogP contribution in [0.2, 0.25) is 5.02 Å². The smallest absolute Gasteiger partial charge is 0.0769 e. The lowest BCUT2D eigenvalue weighted by molar-refractivity contribution is -0.00799. The fourth-order valence-electron chi connectivity index (χ4n) is 2.83. The first kappa shape index (κ1) is 14.8. The summed E-state index contributed by atoms with van der Waals surface area (Å²) in [5.41, 5.74) is 3.72. The number of aryl methyl sites for hydroxylation is 2. The molecule has 2 nitrogen and oxygen atoms in total. The van der Waals surface area contributed by atoms with Gasteiger partial charge >= 0.3 is 0 Å². The molecule has 1 N–H and O–H groups in total. The Morgan fingerprint density at radius 3 is 2.74 bits per heavy atom. The molecule has 1 saturated heterocycles. The summed E-state index contributed by atoms with van der Waals surface area (Å²) in [6.07, 6.45) is 3.87. The minimum atomic E-state index is 0.279. The summed E-state index contributed by atoms with van der Waals surface area (Å²) in [7, 11) is 0. The van der Waals surface area contributed by atoms with Gasteiger partial charge in [-0.2, -0.15) is 0 Å². The van der Waals surface area contributed by atoms with Crippen LogP contribution in [0.4, 0.5) is 0 Å². The number of benzene rings is 1. The van der Waals surface area contributed by atoms with Crippen LogP contribution in [0.25, 0.3) is 0 Å². The molecule has 2 unspecified atom stereocenters. The van der Waals surface area contributed by atoms with E-state index in [0.717, 1.165) is 30.2 Å². The fraction of sp³-hybridized carbons (Fsp3) is 0.625. The lowest BCUT2D eigenvalue weighted by Gasteiger charge is -2.32. The van der Waals surface area contributed by atoms with Crippen LogP contribution in [0.1, 0.15) is 48.9 Å². The standard InChI is InChI=1S/C16H24ClNO/c1-4-18-16(15-7-5-6-8-19-15)13-9-12(3)14(17)10-11(13)2/h9-10,15-16,18H,4-8H2,1-3H3. The summed E-state index contributed by atoms with van der Waals surface area (Å²) in [6.45, 7) is 8.18. The van der Waals surface area contributed by atoms with Crippen LogP contribution in [0, 0.1) is 13.8 Å². The third-order valence-corrected chi connectivity index (χ3v) is 4.30. The quantitative estimate of drug-likeness (QED) is 0.894. The van der Waals surface area contributed by atoms with E-state index in [9.17, 15) is 0 Å². The third-order valence-electron chi connectivity index (χ3n) is 3.89. The van der Waals surface area contributed by atoms with E-state index < -0.39 is 0 Å². The molecular weight excluding hydrogens is 258 g/mol. The molecule has 3 heteroatoms. The molecule has 0 spiro atoms. The Hall–Kier alpha value is -0.570. The van der Waals surface area contributed by atoms with E-state index in [0.29, 0.717) is 0 Å². The third kappa shape index (κ3) is 3.50. The highest BCUT2D eigenvalue weighted by molar-refractivity contribution is 6.31. The highest BCUT2D eigenvalue weighted by Crippen LogP contribution is 2.31. The molecular formula is C16H24ClNO. The van der Waals surface area contributed by atoms with Gasteiger partial charge in [-0.25, -0.2) is 0 Å². The topological polar surface area (TPSA) is 21.3 Å². The second-order valence-corrected chi connectivity index (χ2v) is 5.81.